The number of carbonyl (C=O) groups excluding carboxylic acids is 2. The van der Waals surface area contributed by atoms with Crippen molar-refractivity contribution in [1.82, 2.24) is 19.6 Å². The summed E-state index contributed by atoms with van der Waals surface area (Å²) in [4.78, 5) is 29.4. The monoisotopic (exact) mass is 404 g/mol. The summed E-state index contributed by atoms with van der Waals surface area (Å²) >= 11 is 0. The molecule has 2 aliphatic rings. The van der Waals surface area contributed by atoms with Crippen molar-refractivity contribution in [2.24, 2.45) is 0 Å². The van der Waals surface area contributed by atoms with Crippen molar-refractivity contribution in [2.45, 2.75) is 26.1 Å². The number of carbonyl (C=O) groups is 2. The van der Waals surface area contributed by atoms with Crippen molar-refractivity contribution in [2.75, 3.05) is 13.1 Å². The van der Waals surface area contributed by atoms with Crippen molar-refractivity contribution in [3.63, 3.8) is 0 Å². The number of halogens is 1. The molecule has 0 spiro atoms. The Balaban J connectivity index is 1.33. The third kappa shape index (κ3) is 3.36. The number of nitrogens with zero attached hydrogens (tertiary/aromatic N) is 4. The third-order valence-electron chi connectivity index (χ3n) is 5.77. The van der Waals surface area contributed by atoms with Gasteiger partial charge in [-0.05, 0) is 35.2 Å². The molecule has 2 aromatic carbocycles. The fourth-order valence-electron chi connectivity index (χ4n) is 4.18. The second-order valence-electron chi connectivity index (χ2n) is 7.74. The van der Waals surface area contributed by atoms with E-state index in [2.05, 4.69) is 11.2 Å². The van der Waals surface area contributed by atoms with Gasteiger partial charge in [0.15, 0.2) is 5.69 Å². The van der Waals surface area contributed by atoms with Crippen molar-refractivity contribution in [3.05, 3.63) is 88.5 Å². The van der Waals surface area contributed by atoms with Crippen molar-refractivity contribution < 1.29 is 14.0 Å². The summed E-state index contributed by atoms with van der Waals surface area (Å²) in [6.45, 7) is 2.49. The standard InChI is InChI=1S/C23H21FN4O2/c24-19-7-3-4-16(12-19)14-27-10-11-28-21(23(27)30)13-20(25-28)22(29)26-9-8-17-5-1-2-6-18(17)15-26/h1-7,12-13H,8-11,14-15H2. The highest BCUT2D eigenvalue weighted by atomic mass is 19.1. The molecule has 3 heterocycles. The van der Waals surface area contributed by atoms with Gasteiger partial charge in [0.05, 0.1) is 6.54 Å². The smallest absolute Gasteiger partial charge is 0.274 e. The zero-order chi connectivity index (χ0) is 20.7. The Morgan fingerprint density at radius 3 is 2.67 bits per heavy atom. The summed E-state index contributed by atoms with van der Waals surface area (Å²) in [5, 5.41) is 4.41. The van der Waals surface area contributed by atoms with Gasteiger partial charge in [-0.3, -0.25) is 14.3 Å². The van der Waals surface area contributed by atoms with Crippen LogP contribution >= 0.6 is 0 Å². The van der Waals surface area contributed by atoms with Crippen molar-refractivity contribution in [3.8, 4) is 0 Å². The molecule has 0 unspecified atom stereocenters. The molecular weight excluding hydrogens is 383 g/mol. The second-order valence-corrected chi connectivity index (χ2v) is 7.74. The zero-order valence-corrected chi connectivity index (χ0v) is 16.4. The lowest BCUT2D eigenvalue weighted by Gasteiger charge is -2.28. The quantitative estimate of drug-likeness (QED) is 0.675. The minimum atomic E-state index is -0.321. The molecule has 152 valence electrons. The van der Waals surface area contributed by atoms with Crippen LogP contribution in [-0.4, -0.2) is 44.5 Å². The minimum absolute atomic E-state index is 0.157. The number of hydrogen-bond acceptors (Lipinski definition) is 3. The van der Waals surface area contributed by atoms with Gasteiger partial charge in [0, 0.05) is 32.2 Å². The summed E-state index contributed by atoms with van der Waals surface area (Å²) < 4.78 is 15.1. The fraction of sp³-hybridized carbons (Fsp3) is 0.261. The average molecular weight is 404 g/mol. The molecule has 0 bridgehead atoms. The van der Waals surface area contributed by atoms with Crippen LogP contribution in [0.15, 0.2) is 54.6 Å². The third-order valence-corrected chi connectivity index (χ3v) is 5.77. The fourth-order valence-corrected chi connectivity index (χ4v) is 4.18. The molecule has 0 saturated carbocycles. The number of hydrogen-bond donors (Lipinski definition) is 0. The normalized spacial score (nSPS) is 15.7. The molecule has 0 aliphatic carbocycles. The number of rotatable bonds is 3. The molecule has 0 fully saturated rings. The van der Waals surface area contributed by atoms with E-state index in [0.717, 1.165) is 17.5 Å². The largest absolute Gasteiger partial charge is 0.333 e. The maximum Gasteiger partial charge on any atom is 0.274 e. The van der Waals surface area contributed by atoms with Crippen molar-refractivity contribution >= 4 is 11.8 Å². The number of amides is 2. The Labute approximate surface area is 173 Å². The van der Waals surface area contributed by atoms with E-state index in [9.17, 15) is 14.0 Å². The Morgan fingerprint density at radius 1 is 1.00 bits per heavy atom. The molecule has 0 radical (unpaired) electrons. The first-order valence-electron chi connectivity index (χ1n) is 10.1. The van der Waals surface area contributed by atoms with E-state index in [1.165, 1.54) is 17.7 Å². The van der Waals surface area contributed by atoms with Crippen LogP contribution in [0, 0.1) is 5.82 Å². The van der Waals surface area contributed by atoms with E-state index in [0.29, 0.717) is 44.1 Å². The highest BCUT2D eigenvalue weighted by molar-refractivity contribution is 5.98. The Kier molecular flexibility index (Phi) is 4.58. The number of aromatic nitrogens is 2. The van der Waals surface area contributed by atoms with Crippen LogP contribution in [-0.2, 0) is 26.1 Å². The van der Waals surface area contributed by atoms with Gasteiger partial charge in [0.1, 0.15) is 11.5 Å². The summed E-state index contributed by atoms with van der Waals surface area (Å²) in [6.07, 6.45) is 0.815. The molecule has 0 saturated heterocycles. The number of benzene rings is 2. The van der Waals surface area contributed by atoms with Crippen molar-refractivity contribution in [1.29, 1.82) is 0 Å². The first-order valence-corrected chi connectivity index (χ1v) is 10.1. The van der Waals surface area contributed by atoms with Gasteiger partial charge in [-0.25, -0.2) is 4.39 Å². The van der Waals surface area contributed by atoms with Gasteiger partial charge in [-0.1, -0.05) is 36.4 Å². The van der Waals surface area contributed by atoms with Gasteiger partial charge in [-0.15, -0.1) is 0 Å². The lowest BCUT2D eigenvalue weighted by Crippen LogP contribution is -2.39. The van der Waals surface area contributed by atoms with E-state index in [1.807, 2.05) is 18.2 Å². The van der Waals surface area contributed by atoms with Crippen LogP contribution in [0.4, 0.5) is 4.39 Å². The van der Waals surface area contributed by atoms with Crippen LogP contribution in [0.2, 0.25) is 0 Å². The highest BCUT2D eigenvalue weighted by Crippen LogP contribution is 2.22. The zero-order valence-electron chi connectivity index (χ0n) is 16.4. The summed E-state index contributed by atoms with van der Waals surface area (Å²) in [7, 11) is 0. The Morgan fingerprint density at radius 2 is 1.83 bits per heavy atom. The molecule has 7 heteroatoms. The SMILES string of the molecule is O=C(c1cc2n(n1)CCN(Cc1cccc(F)c1)C2=O)N1CCc2ccccc2C1. The van der Waals surface area contributed by atoms with Gasteiger partial charge >= 0.3 is 0 Å². The molecule has 30 heavy (non-hydrogen) atoms. The average Bonchev–Trinajstić information content (AvgIpc) is 3.20. The minimum Gasteiger partial charge on any atom is -0.333 e. The van der Waals surface area contributed by atoms with Crippen LogP contribution in [0.25, 0.3) is 0 Å². The molecular formula is C23H21FN4O2. The van der Waals surface area contributed by atoms with Crippen LogP contribution < -0.4 is 0 Å². The molecule has 3 aromatic rings. The predicted octanol–water partition coefficient (Wildman–Crippen LogP) is 2.88. The van der Waals surface area contributed by atoms with Gasteiger partial charge < -0.3 is 9.80 Å². The van der Waals surface area contributed by atoms with E-state index < -0.39 is 0 Å². The Bertz CT molecular complexity index is 1140. The lowest BCUT2D eigenvalue weighted by molar-refractivity contribution is 0.0679. The first-order chi connectivity index (χ1) is 14.6. The molecule has 5 rings (SSSR count). The molecule has 1 aromatic heterocycles. The van der Waals surface area contributed by atoms with Gasteiger partial charge in [0.25, 0.3) is 11.8 Å². The summed E-state index contributed by atoms with van der Waals surface area (Å²) in [5.41, 5.74) is 3.86. The van der Waals surface area contributed by atoms with Gasteiger partial charge in [-0.2, -0.15) is 5.10 Å². The second kappa shape index (κ2) is 7.40. The molecule has 2 amide bonds. The maximum atomic E-state index is 13.5. The summed E-state index contributed by atoms with van der Waals surface area (Å²) in [6, 6.07) is 16.0. The van der Waals surface area contributed by atoms with Crippen LogP contribution in [0.3, 0.4) is 0 Å². The van der Waals surface area contributed by atoms with E-state index in [-0.39, 0.29) is 17.6 Å². The lowest BCUT2D eigenvalue weighted by atomic mass is 10.00. The molecule has 0 atom stereocenters. The van der Waals surface area contributed by atoms with E-state index in [1.54, 1.807) is 32.7 Å². The van der Waals surface area contributed by atoms with Crippen LogP contribution in [0.5, 0.6) is 0 Å². The topological polar surface area (TPSA) is 58.4 Å². The molecule has 0 N–H and O–H groups in total. The van der Waals surface area contributed by atoms with E-state index in [4.69, 9.17) is 0 Å². The number of fused-ring (bicyclic) bond motifs is 2. The highest BCUT2D eigenvalue weighted by Gasteiger charge is 2.30. The molecule has 6 nitrogen and oxygen atoms in total. The van der Waals surface area contributed by atoms with E-state index >= 15 is 0 Å². The summed E-state index contributed by atoms with van der Waals surface area (Å²) in [5.74, 6) is -0.671. The first kappa shape index (κ1) is 18.5. The molecule has 2 aliphatic heterocycles. The van der Waals surface area contributed by atoms with Gasteiger partial charge in [0.2, 0.25) is 0 Å². The Hall–Kier alpha value is -3.48. The maximum absolute atomic E-state index is 13.5. The predicted molar refractivity (Wildman–Crippen MR) is 108 cm³/mol. The van der Waals surface area contributed by atoms with Crippen LogP contribution in [0.1, 0.15) is 37.7 Å².